The van der Waals surface area contributed by atoms with Crippen molar-refractivity contribution in [2.45, 2.75) is 38.3 Å². The molecule has 1 saturated heterocycles. The van der Waals surface area contributed by atoms with Gasteiger partial charge in [0.1, 0.15) is 6.54 Å². The van der Waals surface area contributed by atoms with Crippen LogP contribution < -0.4 is 5.32 Å². The summed E-state index contributed by atoms with van der Waals surface area (Å²) in [6.45, 7) is 3.38. The minimum absolute atomic E-state index is 0.0964. The van der Waals surface area contributed by atoms with E-state index >= 15 is 0 Å². The summed E-state index contributed by atoms with van der Waals surface area (Å²) in [6, 6.07) is 0.290. The number of hydrogen-bond acceptors (Lipinski definition) is 4. The van der Waals surface area contributed by atoms with Gasteiger partial charge in [0.15, 0.2) is 0 Å². The number of imide groups is 1. The third-order valence-electron chi connectivity index (χ3n) is 3.54. The van der Waals surface area contributed by atoms with Crippen LogP contribution in [0, 0.1) is 0 Å². The summed E-state index contributed by atoms with van der Waals surface area (Å²) in [5.74, 6) is -0.843. The van der Waals surface area contributed by atoms with Gasteiger partial charge in [0, 0.05) is 13.1 Å². The predicted molar refractivity (Wildman–Crippen MR) is 64.6 cm³/mol. The highest BCUT2D eigenvalue weighted by atomic mass is 16.2. The molecule has 0 aromatic rings. The zero-order chi connectivity index (χ0) is 13.5. The van der Waals surface area contributed by atoms with Gasteiger partial charge >= 0.3 is 0 Å². The van der Waals surface area contributed by atoms with Crippen molar-refractivity contribution in [3.63, 3.8) is 0 Å². The Morgan fingerprint density at radius 1 is 1.44 bits per heavy atom. The number of carbonyl (C=O) groups excluding carboxylic acids is 3. The Morgan fingerprint density at radius 2 is 2.06 bits per heavy atom. The van der Waals surface area contributed by atoms with Crippen LogP contribution >= 0.6 is 0 Å². The quantitative estimate of drug-likeness (QED) is 0.678. The van der Waals surface area contributed by atoms with E-state index in [1.165, 1.54) is 0 Å². The average Bonchev–Trinajstić information content (AvgIpc) is 3.13. The highest BCUT2D eigenvalue weighted by Gasteiger charge is 2.41. The van der Waals surface area contributed by atoms with Gasteiger partial charge in [-0.15, -0.1) is 0 Å². The average molecular weight is 253 g/mol. The lowest BCUT2D eigenvalue weighted by atomic mass is 10.0. The van der Waals surface area contributed by atoms with Crippen LogP contribution in [0.2, 0.25) is 0 Å². The Labute approximate surface area is 106 Å². The molecule has 1 N–H and O–H groups in total. The minimum Gasteiger partial charge on any atom is -0.341 e. The lowest BCUT2D eigenvalue weighted by Gasteiger charge is -2.36. The van der Waals surface area contributed by atoms with Gasteiger partial charge in [-0.1, -0.05) is 0 Å². The monoisotopic (exact) mass is 253 g/mol. The number of piperazine rings is 1. The van der Waals surface area contributed by atoms with E-state index in [-0.39, 0.29) is 30.8 Å². The topological polar surface area (TPSA) is 69.7 Å². The standard InChI is InChI=1S/C12H19N3O3/c1-12(2)11(18)15(9(16)6-13-12)7-10(17)14(3)8-4-5-8/h8,13H,4-7H2,1-3H3. The summed E-state index contributed by atoms with van der Waals surface area (Å²) >= 11 is 0. The van der Waals surface area contributed by atoms with Gasteiger partial charge in [0.05, 0.1) is 12.1 Å². The fraction of sp³-hybridized carbons (Fsp3) is 0.750. The summed E-state index contributed by atoms with van der Waals surface area (Å²) in [5.41, 5.74) is -0.785. The van der Waals surface area contributed by atoms with E-state index in [2.05, 4.69) is 5.32 Å². The highest BCUT2D eigenvalue weighted by Crippen LogP contribution is 2.25. The molecule has 0 spiro atoms. The van der Waals surface area contributed by atoms with Crippen molar-refractivity contribution in [1.82, 2.24) is 15.1 Å². The number of likely N-dealkylation sites (N-methyl/N-ethyl adjacent to an activating group) is 1. The minimum atomic E-state index is -0.785. The molecule has 3 amide bonds. The van der Waals surface area contributed by atoms with Gasteiger partial charge in [-0.05, 0) is 26.7 Å². The Balaban J connectivity index is 2.04. The zero-order valence-electron chi connectivity index (χ0n) is 11.0. The van der Waals surface area contributed by atoms with Crippen LogP contribution in [0.15, 0.2) is 0 Å². The van der Waals surface area contributed by atoms with E-state index in [1.807, 2.05) is 0 Å². The van der Waals surface area contributed by atoms with Gasteiger partial charge in [-0.25, -0.2) is 0 Å². The Kier molecular flexibility index (Phi) is 3.14. The van der Waals surface area contributed by atoms with Gasteiger partial charge in [0.2, 0.25) is 17.7 Å². The Morgan fingerprint density at radius 3 is 2.61 bits per heavy atom. The Hall–Kier alpha value is -1.43. The molecule has 0 atom stereocenters. The van der Waals surface area contributed by atoms with Crippen molar-refractivity contribution in [3.05, 3.63) is 0 Å². The van der Waals surface area contributed by atoms with Crippen LogP contribution in [0.1, 0.15) is 26.7 Å². The lowest BCUT2D eigenvalue weighted by Crippen LogP contribution is -2.64. The molecule has 0 unspecified atom stereocenters. The molecule has 1 aliphatic heterocycles. The first-order valence-electron chi connectivity index (χ1n) is 6.18. The van der Waals surface area contributed by atoms with Crippen LogP contribution in [0.4, 0.5) is 0 Å². The molecule has 0 aromatic carbocycles. The summed E-state index contributed by atoms with van der Waals surface area (Å²) in [4.78, 5) is 38.4. The summed E-state index contributed by atoms with van der Waals surface area (Å²) < 4.78 is 0. The van der Waals surface area contributed by atoms with Gasteiger partial charge < -0.3 is 4.90 Å². The fourth-order valence-corrected chi connectivity index (χ4v) is 1.99. The molecule has 0 aromatic heterocycles. The third-order valence-corrected chi connectivity index (χ3v) is 3.54. The van der Waals surface area contributed by atoms with Crippen LogP contribution in [-0.2, 0) is 14.4 Å². The smallest absolute Gasteiger partial charge is 0.249 e. The summed E-state index contributed by atoms with van der Waals surface area (Å²) in [6.07, 6.45) is 2.02. The largest absolute Gasteiger partial charge is 0.341 e. The molecular weight excluding hydrogens is 234 g/mol. The number of rotatable bonds is 3. The van der Waals surface area contributed by atoms with Crippen molar-refractivity contribution in [3.8, 4) is 0 Å². The molecule has 1 aliphatic carbocycles. The SMILES string of the molecule is CN(C(=O)CN1C(=O)CNC(C)(C)C1=O)C1CC1. The van der Waals surface area contributed by atoms with Gasteiger partial charge in [-0.3, -0.25) is 24.6 Å². The zero-order valence-corrected chi connectivity index (χ0v) is 11.0. The van der Waals surface area contributed by atoms with Crippen molar-refractivity contribution in [1.29, 1.82) is 0 Å². The molecule has 2 fully saturated rings. The first kappa shape index (κ1) is 13.0. The van der Waals surface area contributed by atoms with Crippen molar-refractivity contribution in [2.75, 3.05) is 20.1 Å². The molecule has 6 nitrogen and oxygen atoms in total. The van der Waals surface area contributed by atoms with Crippen LogP contribution in [-0.4, -0.2) is 59.2 Å². The second kappa shape index (κ2) is 4.35. The first-order chi connectivity index (χ1) is 8.33. The number of nitrogens with one attached hydrogen (secondary N) is 1. The number of amides is 3. The van der Waals surface area contributed by atoms with E-state index in [0.717, 1.165) is 17.7 Å². The molecule has 0 radical (unpaired) electrons. The maximum absolute atomic E-state index is 12.1. The number of hydrogen-bond donors (Lipinski definition) is 1. The predicted octanol–water partition coefficient (Wildman–Crippen LogP) is -0.656. The molecular formula is C12H19N3O3. The lowest BCUT2D eigenvalue weighted by molar-refractivity contribution is -0.156. The highest BCUT2D eigenvalue weighted by molar-refractivity contribution is 6.05. The molecule has 1 saturated carbocycles. The number of nitrogens with zero attached hydrogens (tertiary/aromatic N) is 2. The molecule has 2 aliphatic rings. The molecule has 1 heterocycles. The van der Waals surface area contributed by atoms with Crippen LogP contribution in [0.3, 0.4) is 0 Å². The van der Waals surface area contributed by atoms with E-state index in [0.29, 0.717) is 6.04 Å². The van der Waals surface area contributed by atoms with Crippen LogP contribution in [0.25, 0.3) is 0 Å². The second-order valence-electron chi connectivity index (χ2n) is 5.50. The molecule has 0 bridgehead atoms. The van der Waals surface area contributed by atoms with Gasteiger partial charge in [0.25, 0.3) is 0 Å². The Bertz CT molecular complexity index is 401. The first-order valence-corrected chi connectivity index (χ1v) is 6.18. The number of carbonyl (C=O) groups is 3. The molecule has 100 valence electrons. The summed E-state index contributed by atoms with van der Waals surface area (Å²) in [7, 11) is 1.72. The molecule has 2 rings (SSSR count). The van der Waals surface area contributed by atoms with E-state index in [9.17, 15) is 14.4 Å². The van der Waals surface area contributed by atoms with E-state index < -0.39 is 5.54 Å². The van der Waals surface area contributed by atoms with Crippen molar-refractivity contribution < 1.29 is 14.4 Å². The van der Waals surface area contributed by atoms with Crippen LogP contribution in [0.5, 0.6) is 0 Å². The fourth-order valence-electron chi connectivity index (χ4n) is 1.99. The normalized spacial score (nSPS) is 23.2. The maximum Gasteiger partial charge on any atom is 0.249 e. The van der Waals surface area contributed by atoms with Crippen molar-refractivity contribution >= 4 is 17.7 Å². The molecule has 6 heteroatoms. The molecule has 18 heavy (non-hydrogen) atoms. The maximum atomic E-state index is 12.1. The summed E-state index contributed by atoms with van der Waals surface area (Å²) in [5, 5.41) is 2.86. The van der Waals surface area contributed by atoms with E-state index in [1.54, 1.807) is 25.8 Å². The van der Waals surface area contributed by atoms with Gasteiger partial charge in [-0.2, -0.15) is 0 Å². The van der Waals surface area contributed by atoms with E-state index in [4.69, 9.17) is 0 Å². The third kappa shape index (κ3) is 2.38. The van der Waals surface area contributed by atoms with Crippen molar-refractivity contribution in [2.24, 2.45) is 0 Å². The second-order valence-corrected chi connectivity index (χ2v) is 5.50.